The first kappa shape index (κ1) is 45.9. The molecule has 2 fully saturated rings. The molecule has 0 radical (unpaired) electrons. The summed E-state index contributed by atoms with van der Waals surface area (Å²) in [6.45, 7) is 8.29. The molecule has 3 aromatic rings. The standard InChI is InChI=1S/C49H67ClN4O5/c1-35(2)44(53(6)47(58)48(3,4)51-5)45(56)52-42(46(57)54-32-20-21-33-54)34-43(55)59-49(38-24-16-13-17-25-38,40-26-18-19-27-41(40)50)39-30-28-37(29-31-39)36-22-14-11-9-7-8-10-12-15-23-36/h13,16-19,24-31,35-36,42,44,51H,7-12,14-15,20-23,32-34H2,1-6H3,(H,52,56)/t42-,44-,49?/m0/s1. The van der Waals surface area contributed by atoms with E-state index in [4.69, 9.17) is 16.3 Å². The van der Waals surface area contributed by atoms with Crippen LogP contribution in [0.1, 0.15) is 139 Å². The number of carbonyl (C=O) groups excluding carboxylic acids is 4. The molecule has 59 heavy (non-hydrogen) atoms. The minimum Gasteiger partial charge on any atom is -0.444 e. The number of ether oxygens (including phenoxy) is 1. The third-order valence-corrected chi connectivity index (χ3v) is 12.9. The summed E-state index contributed by atoms with van der Waals surface area (Å²) in [5.41, 5.74) is 0.873. The number of benzene rings is 3. The van der Waals surface area contributed by atoms with E-state index >= 15 is 0 Å². The Labute approximate surface area is 358 Å². The van der Waals surface area contributed by atoms with Gasteiger partial charge in [-0.2, -0.15) is 0 Å². The molecule has 1 saturated heterocycles. The fourth-order valence-electron chi connectivity index (χ4n) is 8.97. The maximum absolute atomic E-state index is 14.7. The van der Waals surface area contributed by atoms with Crippen molar-refractivity contribution in [1.29, 1.82) is 0 Å². The van der Waals surface area contributed by atoms with Gasteiger partial charge in [-0.15, -0.1) is 0 Å². The molecule has 5 rings (SSSR count). The van der Waals surface area contributed by atoms with Crippen molar-refractivity contribution >= 4 is 35.3 Å². The Balaban J connectivity index is 1.53. The highest BCUT2D eigenvalue weighted by atomic mass is 35.5. The van der Waals surface area contributed by atoms with E-state index in [1.165, 1.54) is 61.8 Å². The second-order valence-electron chi connectivity index (χ2n) is 17.5. The van der Waals surface area contributed by atoms with Gasteiger partial charge in [-0.25, -0.2) is 0 Å². The zero-order chi connectivity index (χ0) is 42.6. The molecule has 0 bridgehead atoms. The fraction of sp³-hybridized carbons (Fsp3) is 0.551. The number of nitrogens with one attached hydrogen (secondary N) is 2. The van der Waals surface area contributed by atoms with Gasteiger partial charge in [-0.3, -0.25) is 19.2 Å². The second-order valence-corrected chi connectivity index (χ2v) is 17.9. The number of likely N-dealkylation sites (N-methyl/N-ethyl adjacent to an activating group) is 2. The van der Waals surface area contributed by atoms with Crippen molar-refractivity contribution in [3.63, 3.8) is 0 Å². The molecule has 0 aromatic heterocycles. The van der Waals surface area contributed by atoms with Crippen LogP contribution in [-0.2, 0) is 29.5 Å². The molecule has 1 aliphatic heterocycles. The summed E-state index contributed by atoms with van der Waals surface area (Å²) in [7, 11) is 3.29. The van der Waals surface area contributed by atoms with Gasteiger partial charge in [0.1, 0.15) is 12.1 Å². The van der Waals surface area contributed by atoms with Crippen molar-refractivity contribution in [3.05, 3.63) is 106 Å². The van der Waals surface area contributed by atoms with Crippen LogP contribution >= 0.6 is 11.6 Å². The monoisotopic (exact) mass is 826 g/mol. The molecule has 0 spiro atoms. The van der Waals surface area contributed by atoms with Gasteiger partial charge in [0, 0.05) is 41.9 Å². The molecule has 9 nitrogen and oxygen atoms in total. The van der Waals surface area contributed by atoms with Crippen LogP contribution in [0.25, 0.3) is 0 Å². The number of esters is 1. The average molecular weight is 828 g/mol. The number of nitrogens with zero attached hydrogens (tertiary/aromatic N) is 2. The Morgan fingerprint density at radius 2 is 1.32 bits per heavy atom. The van der Waals surface area contributed by atoms with Crippen LogP contribution < -0.4 is 10.6 Å². The van der Waals surface area contributed by atoms with Gasteiger partial charge in [-0.1, -0.05) is 150 Å². The quantitative estimate of drug-likeness (QED) is 0.124. The van der Waals surface area contributed by atoms with Gasteiger partial charge in [0.2, 0.25) is 17.7 Å². The van der Waals surface area contributed by atoms with Crippen molar-refractivity contribution in [2.75, 3.05) is 27.2 Å². The van der Waals surface area contributed by atoms with Crippen LogP contribution in [-0.4, -0.2) is 78.3 Å². The zero-order valence-electron chi connectivity index (χ0n) is 36.2. The number of likely N-dealkylation sites (tertiary alicyclic amines) is 1. The highest BCUT2D eigenvalue weighted by Crippen LogP contribution is 2.44. The SMILES string of the molecule is CNC(C)(C)C(=O)N(C)[C@H](C(=O)N[C@@H](CC(=O)OC(c1ccccc1)(c1ccc(C2CCCCCCCCCC2)cc1)c1ccccc1Cl)C(=O)N1CCCC1)C(C)C. The Bertz CT molecular complexity index is 1830. The number of hydrogen-bond donors (Lipinski definition) is 2. The smallest absolute Gasteiger partial charge is 0.310 e. The summed E-state index contributed by atoms with van der Waals surface area (Å²) in [5.74, 6) is -1.66. The lowest BCUT2D eigenvalue weighted by Gasteiger charge is -2.37. The van der Waals surface area contributed by atoms with Gasteiger partial charge < -0.3 is 25.2 Å². The molecule has 2 aliphatic rings. The second kappa shape index (κ2) is 21.4. The van der Waals surface area contributed by atoms with Crippen molar-refractivity contribution in [1.82, 2.24) is 20.4 Å². The predicted octanol–water partition coefficient (Wildman–Crippen LogP) is 9.15. The number of amides is 3. The Hall–Kier alpha value is -4.21. The van der Waals surface area contributed by atoms with E-state index in [1.54, 1.807) is 38.9 Å². The van der Waals surface area contributed by atoms with Crippen LogP contribution in [0.3, 0.4) is 0 Å². The average Bonchev–Trinajstić information content (AvgIpc) is 3.76. The van der Waals surface area contributed by atoms with Gasteiger partial charge in [-0.05, 0) is 70.0 Å². The van der Waals surface area contributed by atoms with E-state index in [1.807, 2.05) is 62.4 Å². The van der Waals surface area contributed by atoms with Crippen LogP contribution in [0, 0.1) is 5.92 Å². The van der Waals surface area contributed by atoms with E-state index in [-0.39, 0.29) is 17.7 Å². The lowest BCUT2D eigenvalue weighted by molar-refractivity contribution is -0.156. The van der Waals surface area contributed by atoms with Gasteiger partial charge in [0.15, 0.2) is 5.60 Å². The maximum Gasteiger partial charge on any atom is 0.310 e. The van der Waals surface area contributed by atoms with Crippen molar-refractivity contribution in [3.8, 4) is 0 Å². The summed E-state index contributed by atoms with van der Waals surface area (Å²) in [4.78, 5) is 59.9. The van der Waals surface area contributed by atoms with Gasteiger partial charge in [0.05, 0.1) is 12.0 Å². The number of hydrogen-bond acceptors (Lipinski definition) is 6. The molecular formula is C49H67ClN4O5. The van der Waals surface area contributed by atoms with Crippen LogP contribution in [0.15, 0.2) is 78.9 Å². The lowest BCUT2D eigenvalue weighted by Crippen LogP contribution is -2.60. The molecule has 3 atom stereocenters. The molecule has 320 valence electrons. The Morgan fingerprint density at radius 3 is 1.88 bits per heavy atom. The molecule has 1 heterocycles. The van der Waals surface area contributed by atoms with E-state index in [2.05, 4.69) is 34.9 Å². The number of rotatable bonds is 14. The Kier molecular flexibility index (Phi) is 16.6. The third-order valence-electron chi connectivity index (χ3n) is 12.5. The third kappa shape index (κ3) is 11.3. The van der Waals surface area contributed by atoms with Crippen LogP contribution in [0.4, 0.5) is 0 Å². The molecule has 3 aromatic carbocycles. The maximum atomic E-state index is 14.7. The Morgan fingerprint density at radius 1 is 0.780 bits per heavy atom. The molecule has 2 N–H and O–H groups in total. The highest BCUT2D eigenvalue weighted by Gasteiger charge is 2.44. The zero-order valence-corrected chi connectivity index (χ0v) is 37.0. The van der Waals surface area contributed by atoms with Crippen molar-refractivity contribution < 1.29 is 23.9 Å². The summed E-state index contributed by atoms with van der Waals surface area (Å²) in [5, 5.41) is 6.36. The van der Waals surface area contributed by atoms with Crippen molar-refractivity contribution in [2.24, 2.45) is 5.92 Å². The minimum atomic E-state index is -1.49. The van der Waals surface area contributed by atoms with E-state index in [0.29, 0.717) is 35.2 Å². The van der Waals surface area contributed by atoms with Crippen LogP contribution in [0.5, 0.6) is 0 Å². The van der Waals surface area contributed by atoms with E-state index in [9.17, 15) is 19.2 Å². The number of carbonyl (C=O) groups is 4. The minimum absolute atomic E-state index is 0.273. The first-order chi connectivity index (χ1) is 28.3. The highest BCUT2D eigenvalue weighted by molar-refractivity contribution is 6.31. The molecule has 10 heteroatoms. The van der Waals surface area contributed by atoms with E-state index < -0.39 is 41.5 Å². The predicted molar refractivity (Wildman–Crippen MR) is 236 cm³/mol. The topological polar surface area (TPSA) is 108 Å². The molecule has 1 aliphatic carbocycles. The summed E-state index contributed by atoms with van der Waals surface area (Å²) < 4.78 is 6.80. The summed E-state index contributed by atoms with van der Waals surface area (Å²) in [6.07, 6.45) is 13.7. The van der Waals surface area contributed by atoms with Gasteiger partial charge >= 0.3 is 5.97 Å². The van der Waals surface area contributed by atoms with Gasteiger partial charge in [0.25, 0.3) is 0 Å². The lowest BCUT2D eigenvalue weighted by atomic mass is 9.78. The first-order valence-electron chi connectivity index (χ1n) is 22.0. The molecule has 3 amide bonds. The molecular weight excluding hydrogens is 760 g/mol. The number of halogens is 1. The normalized spacial score (nSPS) is 17.9. The van der Waals surface area contributed by atoms with E-state index in [0.717, 1.165) is 31.2 Å². The summed E-state index contributed by atoms with van der Waals surface area (Å²) in [6, 6.07) is 23.3. The van der Waals surface area contributed by atoms with Crippen molar-refractivity contribution in [2.45, 2.75) is 140 Å². The fourth-order valence-corrected chi connectivity index (χ4v) is 9.24. The molecule has 1 saturated carbocycles. The molecule has 1 unspecified atom stereocenters. The first-order valence-corrected chi connectivity index (χ1v) is 22.4. The summed E-state index contributed by atoms with van der Waals surface area (Å²) >= 11 is 7.05. The van der Waals surface area contributed by atoms with Crippen LogP contribution in [0.2, 0.25) is 5.02 Å². The largest absolute Gasteiger partial charge is 0.444 e.